The zero-order chi connectivity index (χ0) is 18.2. The molecule has 140 valence electrons. The minimum atomic E-state index is 0.616. The third kappa shape index (κ3) is 4.85. The second kappa shape index (κ2) is 9.38. The molecule has 2 N–H and O–H groups in total. The summed E-state index contributed by atoms with van der Waals surface area (Å²) in [7, 11) is 1.83. The van der Waals surface area contributed by atoms with Gasteiger partial charge in [-0.2, -0.15) is 5.10 Å². The van der Waals surface area contributed by atoms with Gasteiger partial charge >= 0.3 is 0 Å². The number of nitrogens with zero attached hydrogens (tertiary/aromatic N) is 4. The smallest absolute Gasteiger partial charge is 0.191 e. The van der Waals surface area contributed by atoms with Crippen molar-refractivity contribution in [1.82, 2.24) is 25.3 Å². The fourth-order valence-electron chi connectivity index (χ4n) is 3.61. The predicted octanol–water partition coefficient (Wildman–Crippen LogP) is 2.08. The highest BCUT2D eigenvalue weighted by Gasteiger charge is 2.22. The Morgan fingerprint density at radius 2 is 2.08 bits per heavy atom. The largest absolute Gasteiger partial charge is 0.355 e. The van der Waals surface area contributed by atoms with Crippen molar-refractivity contribution in [3.8, 4) is 0 Å². The number of hydrogen-bond acceptors (Lipinski definition) is 3. The molecule has 1 aromatic carbocycles. The van der Waals surface area contributed by atoms with Gasteiger partial charge in [0.1, 0.15) is 0 Å². The zero-order valence-electron chi connectivity index (χ0n) is 15.9. The fourth-order valence-corrected chi connectivity index (χ4v) is 3.61. The van der Waals surface area contributed by atoms with E-state index in [0.717, 1.165) is 32.1 Å². The first-order valence-corrected chi connectivity index (χ1v) is 9.53. The summed E-state index contributed by atoms with van der Waals surface area (Å²) in [6.07, 6.45) is 6.37. The predicted molar refractivity (Wildman–Crippen MR) is 106 cm³/mol. The molecule has 6 nitrogen and oxygen atoms in total. The van der Waals surface area contributed by atoms with Gasteiger partial charge in [-0.15, -0.1) is 0 Å². The van der Waals surface area contributed by atoms with E-state index in [-0.39, 0.29) is 0 Å². The molecule has 3 rings (SSSR count). The molecule has 1 aliphatic rings. The van der Waals surface area contributed by atoms with Crippen LogP contribution in [-0.2, 0) is 13.1 Å². The Hall–Kier alpha value is -2.34. The van der Waals surface area contributed by atoms with Gasteiger partial charge in [0.2, 0.25) is 0 Å². The molecule has 0 radical (unpaired) electrons. The molecule has 0 saturated carbocycles. The van der Waals surface area contributed by atoms with Gasteiger partial charge < -0.3 is 10.6 Å². The van der Waals surface area contributed by atoms with Crippen LogP contribution in [0.1, 0.15) is 30.9 Å². The summed E-state index contributed by atoms with van der Waals surface area (Å²) in [6.45, 7) is 7.06. The van der Waals surface area contributed by atoms with Crippen molar-refractivity contribution >= 4 is 5.96 Å². The lowest BCUT2D eigenvalue weighted by Crippen LogP contribution is -2.44. The van der Waals surface area contributed by atoms with E-state index in [1.807, 2.05) is 30.2 Å². The van der Waals surface area contributed by atoms with Crippen LogP contribution in [0.15, 0.2) is 47.7 Å². The van der Waals surface area contributed by atoms with Crippen molar-refractivity contribution in [3.63, 3.8) is 0 Å². The number of rotatable bonds is 7. The van der Waals surface area contributed by atoms with Crippen molar-refractivity contribution in [1.29, 1.82) is 0 Å². The third-order valence-corrected chi connectivity index (χ3v) is 5.09. The Morgan fingerprint density at radius 3 is 2.81 bits per heavy atom. The Kier molecular flexibility index (Phi) is 6.66. The summed E-state index contributed by atoms with van der Waals surface area (Å²) in [5.74, 6) is 0.863. The highest BCUT2D eigenvalue weighted by Crippen LogP contribution is 2.15. The summed E-state index contributed by atoms with van der Waals surface area (Å²) in [5, 5.41) is 11.3. The van der Waals surface area contributed by atoms with Crippen LogP contribution in [0.3, 0.4) is 0 Å². The van der Waals surface area contributed by atoms with E-state index in [9.17, 15) is 0 Å². The van der Waals surface area contributed by atoms with Crippen molar-refractivity contribution in [2.24, 2.45) is 4.99 Å². The van der Waals surface area contributed by atoms with Crippen LogP contribution in [0, 0.1) is 0 Å². The normalized spacial score (nSPS) is 18.2. The summed E-state index contributed by atoms with van der Waals surface area (Å²) in [6, 6.07) is 11.0. The molecule has 1 unspecified atom stereocenters. The summed E-state index contributed by atoms with van der Waals surface area (Å²) >= 11 is 0. The Bertz CT molecular complexity index is 694. The molecule has 26 heavy (non-hydrogen) atoms. The van der Waals surface area contributed by atoms with Crippen molar-refractivity contribution in [3.05, 3.63) is 53.9 Å². The second-order valence-electron chi connectivity index (χ2n) is 6.70. The lowest BCUT2D eigenvalue weighted by Gasteiger charge is -2.24. The van der Waals surface area contributed by atoms with Crippen LogP contribution < -0.4 is 10.6 Å². The molecular weight excluding hydrogens is 324 g/mol. The topological polar surface area (TPSA) is 57.5 Å². The van der Waals surface area contributed by atoms with Gasteiger partial charge in [-0.25, -0.2) is 0 Å². The molecule has 1 saturated heterocycles. The third-order valence-electron chi connectivity index (χ3n) is 5.09. The highest BCUT2D eigenvalue weighted by molar-refractivity contribution is 5.79. The van der Waals surface area contributed by atoms with Crippen molar-refractivity contribution in [2.45, 2.75) is 38.9 Å². The molecule has 2 aromatic rings. The minimum Gasteiger partial charge on any atom is -0.355 e. The minimum absolute atomic E-state index is 0.616. The lowest BCUT2D eigenvalue weighted by molar-refractivity contribution is 0.267. The SMILES string of the molecule is CCN1CCCC1CNC(=NC)NCc1ccccc1Cn1cccn1. The Morgan fingerprint density at radius 1 is 1.23 bits per heavy atom. The van der Waals surface area contributed by atoms with Gasteiger partial charge in [0.25, 0.3) is 0 Å². The molecule has 1 aliphatic heterocycles. The van der Waals surface area contributed by atoms with Crippen LogP contribution in [0.2, 0.25) is 0 Å². The maximum absolute atomic E-state index is 4.38. The van der Waals surface area contributed by atoms with E-state index in [0.29, 0.717) is 6.04 Å². The van der Waals surface area contributed by atoms with E-state index < -0.39 is 0 Å². The van der Waals surface area contributed by atoms with E-state index >= 15 is 0 Å². The van der Waals surface area contributed by atoms with E-state index in [1.54, 1.807) is 0 Å². The number of aliphatic imine (C=N–C) groups is 1. The van der Waals surface area contributed by atoms with Gasteiger partial charge in [-0.3, -0.25) is 14.6 Å². The number of likely N-dealkylation sites (N-methyl/N-ethyl adjacent to an activating group) is 1. The first-order valence-electron chi connectivity index (χ1n) is 9.53. The number of nitrogens with one attached hydrogen (secondary N) is 2. The zero-order valence-corrected chi connectivity index (χ0v) is 15.9. The molecule has 0 amide bonds. The van der Waals surface area contributed by atoms with Crippen LogP contribution in [0.5, 0.6) is 0 Å². The summed E-state index contributed by atoms with van der Waals surface area (Å²) in [4.78, 5) is 6.92. The van der Waals surface area contributed by atoms with E-state index in [2.05, 4.69) is 56.8 Å². The van der Waals surface area contributed by atoms with Crippen LogP contribution in [-0.4, -0.2) is 53.4 Å². The van der Waals surface area contributed by atoms with Gasteiger partial charge in [0.05, 0.1) is 6.54 Å². The number of likely N-dealkylation sites (tertiary alicyclic amines) is 1. The average molecular weight is 355 g/mol. The number of guanidine groups is 1. The standard InChI is InChI=1S/C20H30N6/c1-3-25-12-6-10-19(25)15-23-20(21-2)22-14-17-8-4-5-9-18(17)16-26-13-7-11-24-26/h4-5,7-9,11,13,19H,3,6,10,12,14-16H2,1-2H3,(H2,21,22,23). The van der Waals surface area contributed by atoms with Gasteiger partial charge in [-0.05, 0) is 43.1 Å². The van der Waals surface area contributed by atoms with Crippen molar-refractivity contribution in [2.75, 3.05) is 26.7 Å². The number of benzene rings is 1. The summed E-state index contributed by atoms with van der Waals surface area (Å²) < 4.78 is 1.95. The maximum atomic E-state index is 4.38. The first kappa shape index (κ1) is 18.5. The quantitative estimate of drug-likeness (QED) is 0.590. The molecule has 0 aliphatic carbocycles. The first-order chi connectivity index (χ1) is 12.8. The fraction of sp³-hybridized carbons (Fsp3) is 0.500. The average Bonchev–Trinajstić information content (AvgIpc) is 3.34. The Balaban J connectivity index is 1.54. The van der Waals surface area contributed by atoms with Crippen LogP contribution in [0.4, 0.5) is 0 Å². The molecule has 1 aromatic heterocycles. The maximum Gasteiger partial charge on any atom is 0.191 e. The molecular formula is C20H30N6. The van der Waals surface area contributed by atoms with Gasteiger partial charge in [-0.1, -0.05) is 31.2 Å². The van der Waals surface area contributed by atoms with Crippen molar-refractivity contribution < 1.29 is 0 Å². The molecule has 1 fully saturated rings. The number of hydrogen-bond donors (Lipinski definition) is 2. The molecule has 6 heteroatoms. The summed E-state index contributed by atoms with van der Waals surface area (Å²) in [5.41, 5.74) is 2.54. The van der Waals surface area contributed by atoms with Crippen LogP contribution >= 0.6 is 0 Å². The molecule has 2 heterocycles. The molecule has 0 spiro atoms. The highest BCUT2D eigenvalue weighted by atomic mass is 15.3. The lowest BCUT2D eigenvalue weighted by atomic mass is 10.1. The second-order valence-corrected chi connectivity index (χ2v) is 6.70. The monoisotopic (exact) mass is 354 g/mol. The van der Waals surface area contributed by atoms with E-state index in [4.69, 9.17) is 0 Å². The molecule has 0 bridgehead atoms. The van der Waals surface area contributed by atoms with Gasteiger partial charge in [0.15, 0.2) is 5.96 Å². The van der Waals surface area contributed by atoms with E-state index in [1.165, 1.54) is 30.5 Å². The van der Waals surface area contributed by atoms with Gasteiger partial charge in [0, 0.05) is 38.6 Å². The Labute approximate surface area is 156 Å². The number of aromatic nitrogens is 2. The molecule has 1 atom stereocenters. The van der Waals surface area contributed by atoms with Crippen LogP contribution in [0.25, 0.3) is 0 Å².